The minimum Gasteiger partial charge on any atom is -0.469 e. The molecule has 0 bridgehead atoms. The van der Waals surface area contributed by atoms with E-state index in [1.165, 1.54) is 14.2 Å². The van der Waals surface area contributed by atoms with Crippen LogP contribution >= 0.6 is 0 Å². The van der Waals surface area contributed by atoms with Crippen LogP contribution in [0.25, 0.3) is 0 Å². The van der Waals surface area contributed by atoms with E-state index in [1.807, 2.05) is 0 Å². The van der Waals surface area contributed by atoms with Crippen molar-refractivity contribution in [2.45, 2.75) is 20.0 Å². The van der Waals surface area contributed by atoms with Crippen molar-refractivity contribution in [2.24, 2.45) is 0 Å². The molecular weight excluding hydrogens is 160 g/mol. The van der Waals surface area contributed by atoms with Crippen molar-refractivity contribution >= 4 is 5.97 Å². The fourth-order valence-corrected chi connectivity index (χ4v) is 0.564. The Morgan fingerprint density at radius 2 is 1.75 bits per heavy atom. The van der Waals surface area contributed by atoms with Gasteiger partial charge in [-0.1, -0.05) is 0 Å². The van der Waals surface area contributed by atoms with Crippen molar-refractivity contribution in [3.05, 3.63) is 12.0 Å². The van der Waals surface area contributed by atoms with Crippen LogP contribution in [-0.4, -0.2) is 26.3 Å². The zero-order chi connectivity index (χ0) is 9.56. The molecule has 0 spiro atoms. The number of ether oxygens (including phenoxy) is 3. The first-order valence-corrected chi connectivity index (χ1v) is 3.60. The highest BCUT2D eigenvalue weighted by Gasteiger charge is 2.04. The molecule has 0 N–H and O–H groups in total. The Labute approximate surface area is 72.1 Å². The largest absolute Gasteiger partial charge is 0.469 e. The molecule has 0 aliphatic heterocycles. The third-order valence-electron chi connectivity index (χ3n) is 0.990. The minimum atomic E-state index is -0.469. The average Bonchev–Trinajstić information content (AvgIpc) is 1.98. The van der Waals surface area contributed by atoms with E-state index in [9.17, 15) is 4.79 Å². The summed E-state index contributed by atoms with van der Waals surface area (Å²) in [4.78, 5) is 10.9. The van der Waals surface area contributed by atoms with Crippen molar-refractivity contribution < 1.29 is 19.0 Å². The van der Waals surface area contributed by atoms with Crippen molar-refractivity contribution in [2.75, 3.05) is 14.2 Å². The Morgan fingerprint density at radius 3 is 2.08 bits per heavy atom. The summed E-state index contributed by atoms with van der Waals surface area (Å²) in [6.45, 7) is 3.54. The van der Waals surface area contributed by atoms with Crippen LogP contribution in [0, 0.1) is 0 Å². The molecule has 70 valence electrons. The van der Waals surface area contributed by atoms with E-state index in [2.05, 4.69) is 9.47 Å². The van der Waals surface area contributed by atoms with Crippen LogP contribution in [0.4, 0.5) is 0 Å². The molecule has 0 atom stereocenters. The van der Waals surface area contributed by atoms with Crippen molar-refractivity contribution in [1.82, 2.24) is 0 Å². The number of methoxy groups -OCH3 is 2. The van der Waals surface area contributed by atoms with Gasteiger partial charge in [-0.15, -0.1) is 0 Å². The Hall–Kier alpha value is -1.19. The quantitative estimate of drug-likeness (QED) is 0.363. The van der Waals surface area contributed by atoms with Gasteiger partial charge in [-0.2, -0.15) is 0 Å². The van der Waals surface area contributed by atoms with E-state index < -0.39 is 5.97 Å². The molecule has 0 aliphatic rings. The SMILES string of the molecule is COC(=CC(=O)OC(C)C)OC. The van der Waals surface area contributed by atoms with Crippen LogP contribution in [-0.2, 0) is 19.0 Å². The van der Waals surface area contributed by atoms with Gasteiger partial charge in [-0.3, -0.25) is 0 Å². The first kappa shape index (κ1) is 10.8. The summed E-state index contributed by atoms with van der Waals surface area (Å²) in [5.74, 6) is -0.329. The van der Waals surface area contributed by atoms with Gasteiger partial charge in [0.25, 0.3) is 5.95 Å². The molecule has 4 heteroatoms. The van der Waals surface area contributed by atoms with Crippen LogP contribution in [0.15, 0.2) is 12.0 Å². The first-order valence-electron chi connectivity index (χ1n) is 3.60. The molecule has 0 aliphatic carbocycles. The molecule has 0 rings (SSSR count). The van der Waals surface area contributed by atoms with Gasteiger partial charge in [-0.25, -0.2) is 4.79 Å². The van der Waals surface area contributed by atoms with E-state index in [-0.39, 0.29) is 12.0 Å². The minimum absolute atomic E-state index is 0.135. The zero-order valence-electron chi connectivity index (χ0n) is 7.79. The first-order chi connectivity index (χ1) is 5.60. The molecule has 0 saturated carbocycles. The average molecular weight is 174 g/mol. The van der Waals surface area contributed by atoms with Gasteiger partial charge in [0.2, 0.25) is 0 Å². The number of carbonyl (C=O) groups excluding carboxylic acids is 1. The molecule has 0 aromatic rings. The lowest BCUT2D eigenvalue weighted by atomic mass is 10.5. The maximum Gasteiger partial charge on any atom is 0.338 e. The van der Waals surface area contributed by atoms with Gasteiger partial charge in [-0.05, 0) is 13.8 Å². The molecule has 0 radical (unpaired) electrons. The van der Waals surface area contributed by atoms with Crippen LogP contribution in [0.2, 0.25) is 0 Å². The second kappa shape index (κ2) is 5.46. The van der Waals surface area contributed by atoms with Crippen LogP contribution in [0.5, 0.6) is 0 Å². The van der Waals surface area contributed by atoms with Crippen molar-refractivity contribution in [3.8, 4) is 0 Å². The van der Waals surface area contributed by atoms with Gasteiger partial charge in [0, 0.05) is 0 Å². The van der Waals surface area contributed by atoms with E-state index >= 15 is 0 Å². The highest BCUT2D eigenvalue weighted by atomic mass is 16.7. The van der Waals surface area contributed by atoms with Gasteiger partial charge in [0.05, 0.1) is 20.3 Å². The van der Waals surface area contributed by atoms with E-state index in [0.29, 0.717) is 0 Å². The lowest BCUT2D eigenvalue weighted by Crippen LogP contribution is -2.10. The fraction of sp³-hybridized carbons (Fsp3) is 0.625. The summed E-state index contributed by atoms with van der Waals surface area (Å²) in [6, 6.07) is 0. The monoisotopic (exact) mass is 174 g/mol. The number of esters is 1. The van der Waals surface area contributed by atoms with Crippen LogP contribution in [0.1, 0.15) is 13.8 Å². The topological polar surface area (TPSA) is 44.8 Å². The Morgan fingerprint density at radius 1 is 1.25 bits per heavy atom. The molecular formula is C8H14O4. The molecule has 0 aromatic carbocycles. The molecule has 0 heterocycles. The van der Waals surface area contributed by atoms with Gasteiger partial charge in [0.1, 0.15) is 6.08 Å². The van der Waals surface area contributed by atoms with Crippen LogP contribution < -0.4 is 0 Å². The molecule has 0 fully saturated rings. The summed E-state index contributed by atoms with van der Waals surface area (Å²) in [5.41, 5.74) is 0. The fourth-order valence-electron chi connectivity index (χ4n) is 0.564. The van der Waals surface area contributed by atoms with E-state index in [0.717, 1.165) is 6.08 Å². The second-order valence-corrected chi connectivity index (χ2v) is 2.36. The van der Waals surface area contributed by atoms with Gasteiger partial charge < -0.3 is 14.2 Å². The molecule has 0 unspecified atom stereocenters. The number of rotatable bonds is 4. The highest BCUT2D eigenvalue weighted by Crippen LogP contribution is 1.98. The molecule has 0 saturated heterocycles. The maximum absolute atomic E-state index is 10.9. The zero-order valence-corrected chi connectivity index (χ0v) is 7.79. The predicted octanol–water partition coefficient (Wildman–Crippen LogP) is 1.07. The molecule has 0 amide bonds. The predicted molar refractivity (Wildman–Crippen MR) is 43.3 cm³/mol. The Balaban J connectivity index is 4.02. The van der Waals surface area contributed by atoms with Gasteiger partial charge >= 0.3 is 5.97 Å². The van der Waals surface area contributed by atoms with Crippen LogP contribution in [0.3, 0.4) is 0 Å². The molecule has 12 heavy (non-hydrogen) atoms. The highest BCUT2D eigenvalue weighted by molar-refractivity contribution is 5.82. The summed E-state index contributed by atoms with van der Waals surface area (Å²) in [7, 11) is 2.83. The lowest BCUT2D eigenvalue weighted by Gasteiger charge is -2.06. The summed E-state index contributed by atoms with van der Waals surface area (Å²) in [6.07, 6.45) is 1.02. The third-order valence-corrected chi connectivity index (χ3v) is 0.990. The number of hydrogen-bond donors (Lipinski definition) is 0. The maximum atomic E-state index is 10.9. The number of carbonyl (C=O) groups is 1. The standard InChI is InChI=1S/C8H14O4/c1-6(2)12-7(9)5-8(10-3)11-4/h5-6H,1-4H3. The van der Waals surface area contributed by atoms with Crippen molar-refractivity contribution in [3.63, 3.8) is 0 Å². The lowest BCUT2D eigenvalue weighted by molar-refractivity contribution is -0.141. The Bertz CT molecular complexity index is 166. The Kier molecular flexibility index (Phi) is 4.92. The molecule has 0 aromatic heterocycles. The third kappa shape index (κ3) is 4.60. The van der Waals surface area contributed by atoms with Crippen molar-refractivity contribution in [1.29, 1.82) is 0 Å². The summed E-state index contributed by atoms with van der Waals surface area (Å²) in [5, 5.41) is 0. The second-order valence-electron chi connectivity index (χ2n) is 2.36. The molecule has 4 nitrogen and oxygen atoms in total. The van der Waals surface area contributed by atoms with E-state index in [1.54, 1.807) is 13.8 Å². The smallest absolute Gasteiger partial charge is 0.338 e. The van der Waals surface area contributed by atoms with E-state index in [4.69, 9.17) is 4.74 Å². The normalized spacial score (nSPS) is 9.08. The van der Waals surface area contributed by atoms with Gasteiger partial charge in [0.15, 0.2) is 0 Å². The summed E-state index contributed by atoms with van der Waals surface area (Å²) < 4.78 is 14.2. The summed E-state index contributed by atoms with van der Waals surface area (Å²) >= 11 is 0. The number of hydrogen-bond acceptors (Lipinski definition) is 4.